The number of hydrogen-bond acceptors (Lipinski definition) is 1. The summed E-state index contributed by atoms with van der Waals surface area (Å²) >= 11 is 5.28. The molecule has 1 aromatic rings. The van der Waals surface area contributed by atoms with Crippen molar-refractivity contribution in [3.8, 4) is 0 Å². The van der Waals surface area contributed by atoms with Crippen LogP contribution in [0, 0.1) is 5.82 Å². The number of halogens is 5. The van der Waals surface area contributed by atoms with Gasteiger partial charge in [0.2, 0.25) is 0 Å². The minimum atomic E-state index is -4.61. The molecule has 1 atom stereocenters. The second-order valence-electron chi connectivity index (χ2n) is 3.04. The molecule has 0 amide bonds. The van der Waals surface area contributed by atoms with Crippen LogP contribution in [0.2, 0.25) is 5.02 Å². The molecule has 15 heavy (non-hydrogen) atoms. The van der Waals surface area contributed by atoms with Crippen molar-refractivity contribution in [2.24, 2.45) is 0 Å². The molecule has 0 aliphatic heterocycles. The first-order chi connectivity index (χ1) is 6.73. The van der Waals surface area contributed by atoms with Gasteiger partial charge in [-0.25, -0.2) is 4.39 Å². The first-order valence-electron chi connectivity index (χ1n) is 3.97. The summed E-state index contributed by atoms with van der Waals surface area (Å²) in [5, 5.41) is 8.40. The molecular weight excluding hydrogens is 236 g/mol. The normalized spacial score (nSPS) is 14.1. The second kappa shape index (κ2) is 3.98. The quantitative estimate of drug-likeness (QED) is 0.747. The lowest BCUT2D eigenvalue weighted by Gasteiger charge is -2.12. The van der Waals surface area contributed by atoms with Gasteiger partial charge in [0.05, 0.1) is 16.7 Å². The standard InChI is InChI=1S/C9H7ClF4O/c1-4(15)6-2-5(9(12,13)14)3-7(10)8(6)11/h2-4,15H,1H3. The summed E-state index contributed by atoms with van der Waals surface area (Å²) in [6.45, 7) is 1.16. The van der Waals surface area contributed by atoms with Crippen molar-refractivity contribution in [1.82, 2.24) is 0 Å². The summed E-state index contributed by atoms with van der Waals surface area (Å²) in [6, 6.07) is 1.04. The van der Waals surface area contributed by atoms with Crippen molar-refractivity contribution >= 4 is 11.6 Å². The third-order valence-electron chi connectivity index (χ3n) is 1.83. The number of aliphatic hydroxyl groups is 1. The third kappa shape index (κ3) is 2.60. The molecule has 0 aromatic heterocycles. The monoisotopic (exact) mass is 242 g/mol. The molecule has 0 spiro atoms. The summed E-state index contributed by atoms with van der Waals surface area (Å²) in [6.07, 6.45) is -5.95. The fourth-order valence-electron chi connectivity index (χ4n) is 1.08. The Bertz CT molecular complexity index is 373. The summed E-state index contributed by atoms with van der Waals surface area (Å²) in [4.78, 5) is 0. The molecule has 0 saturated heterocycles. The van der Waals surface area contributed by atoms with Gasteiger partial charge in [0.15, 0.2) is 0 Å². The number of rotatable bonds is 1. The van der Waals surface area contributed by atoms with Gasteiger partial charge in [-0.05, 0) is 19.1 Å². The average molecular weight is 243 g/mol. The number of aliphatic hydroxyl groups excluding tert-OH is 1. The first kappa shape index (κ1) is 12.3. The molecule has 0 radical (unpaired) electrons. The predicted octanol–water partition coefficient (Wildman–Crippen LogP) is 3.55. The molecule has 0 aliphatic rings. The van der Waals surface area contributed by atoms with Gasteiger partial charge in [0.25, 0.3) is 0 Å². The molecule has 1 N–H and O–H groups in total. The summed E-state index contributed by atoms with van der Waals surface area (Å²) < 4.78 is 50.0. The van der Waals surface area contributed by atoms with Crippen LogP contribution in [0.4, 0.5) is 17.6 Å². The number of alkyl halides is 3. The highest BCUT2D eigenvalue weighted by Gasteiger charge is 2.32. The molecule has 0 saturated carbocycles. The van der Waals surface area contributed by atoms with Crippen LogP contribution in [0.1, 0.15) is 24.2 Å². The molecule has 1 unspecified atom stereocenters. The minimum Gasteiger partial charge on any atom is -0.389 e. The summed E-state index contributed by atoms with van der Waals surface area (Å²) in [7, 11) is 0. The second-order valence-corrected chi connectivity index (χ2v) is 3.44. The molecule has 1 aromatic carbocycles. The van der Waals surface area contributed by atoms with Crippen molar-refractivity contribution in [3.63, 3.8) is 0 Å². The van der Waals surface area contributed by atoms with E-state index in [1.165, 1.54) is 0 Å². The SMILES string of the molecule is CC(O)c1cc(C(F)(F)F)cc(Cl)c1F. The van der Waals surface area contributed by atoms with E-state index in [1.807, 2.05) is 0 Å². The predicted molar refractivity (Wildman–Crippen MR) is 47.0 cm³/mol. The Morgan fingerprint density at radius 3 is 2.27 bits per heavy atom. The Hall–Kier alpha value is -0.810. The Morgan fingerprint density at radius 2 is 1.87 bits per heavy atom. The molecule has 6 heteroatoms. The largest absolute Gasteiger partial charge is 0.416 e. The zero-order valence-corrected chi connectivity index (χ0v) is 8.33. The minimum absolute atomic E-state index is 0.463. The fraction of sp³-hybridized carbons (Fsp3) is 0.333. The van der Waals surface area contributed by atoms with E-state index in [-0.39, 0.29) is 0 Å². The highest BCUT2D eigenvalue weighted by atomic mass is 35.5. The number of hydrogen-bond donors (Lipinski definition) is 1. The van der Waals surface area contributed by atoms with Crippen LogP contribution in [0.5, 0.6) is 0 Å². The van der Waals surface area contributed by atoms with Crippen molar-refractivity contribution in [1.29, 1.82) is 0 Å². The van der Waals surface area contributed by atoms with Crippen molar-refractivity contribution in [3.05, 3.63) is 34.1 Å². The van der Waals surface area contributed by atoms with E-state index in [0.717, 1.165) is 6.92 Å². The molecule has 0 fully saturated rings. The highest BCUT2D eigenvalue weighted by molar-refractivity contribution is 6.30. The van der Waals surface area contributed by atoms with E-state index < -0.39 is 34.2 Å². The van der Waals surface area contributed by atoms with E-state index in [1.54, 1.807) is 0 Å². The number of benzene rings is 1. The van der Waals surface area contributed by atoms with Crippen LogP contribution in [-0.4, -0.2) is 5.11 Å². The van der Waals surface area contributed by atoms with Gasteiger partial charge in [-0.2, -0.15) is 13.2 Å². The van der Waals surface area contributed by atoms with Gasteiger partial charge in [0.1, 0.15) is 5.82 Å². The average Bonchev–Trinajstić information content (AvgIpc) is 2.06. The maximum atomic E-state index is 13.2. The lowest BCUT2D eigenvalue weighted by Crippen LogP contribution is -2.08. The van der Waals surface area contributed by atoms with E-state index in [0.29, 0.717) is 12.1 Å². The molecule has 0 bridgehead atoms. The lowest BCUT2D eigenvalue weighted by molar-refractivity contribution is -0.137. The third-order valence-corrected chi connectivity index (χ3v) is 2.11. The van der Waals surface area contributed by atoms with Crippen LogP contribution in [-0.2, 0) is 6.18 Å². The van der Waals surface area contributed by atoms with Crippen LogP contribution in [0.3, 0.4) is 0 Å². The molecule has 84 valence electrons. The van der Waals surface area contributed by atoms with Crippen molar-refractivity contribution < 1.29 is 22.7 Å². The maximum Gasteiger partial charge on any atom is 0.416 e. The molecule has 0 heterocycles. The Morgan fingerprint density at radius 1 is 1.33 bits per heavy atom. The van der Waals surface area contributed by atoms with Gasteiger partial charge in [-0.1, -0.05) is 11.6 Å². The molecular formula is C9H7ClF4O. The lowest BCUT2D eigenvalue weighted by atomic mass is 10.1. The van der Waals surface area contributed by atoms with Crippen molar-refractivity contribution in [2.75, 3.05) is 0 Å². The Labute approximate surface area is 88.3 Å². The van der Waals surface area contributed by atoms with E-state index in [2.05, 4.69) is 0 Å². The maximum absolute atomic E-state index is 13.2. The van der Waals surface area contributed by atoms with Crippen LogP contribution in [0.15, 0.2) is 12.1 Å². The molecule has 0 aliphatic carbocycles. The fourth-order valence-corrected chi connectivity index (χ4v) is 1.30. The molecule has 1 nitrogen and oxygen atoms in total. The summed E-state index contributed by atoms with van der Waals surface area (Å²) in [5.41, 5.74) is -1.54. The Kier molecular flexibility index (Phi) is 3.25. The summed E-state index contributed by atoms with van der Waals surface area (Å²) in [5.74, 6) is -1.03. The van der Waals surface area contributed by atoms with Gasteiger partial charge >= 0.3 is 6.18 Å². The topological polar surface area (TPSA) is 20.2 Å². The van der Waals surface area contributed by atoms with E-state index in [9.17, 15) is 17.6 Å². The smallest absolute Gasteiger partial charge is 0.389 e. The van der Waals surface area contributed by atoms with Gasteiger partial charge in [-0.15, -0.1) is 0 Å². The molecule has 1 rings (SSSR count). The van der Waals surface area contributed by atoms with E-state index >= 15 is 0 Å². The van der Waals surface area contributed by atoms with Crippen LogP contribution < -0.4 is 0 Å². The van der Waals surface area contributed by atoms with Crippen molar-refractivity contribution in [2.45, 2.75) is 19.2 Å². The van der Waals surface area contributed by atoms with Crippen LogP contribution in [0.25, 0.3) is 0 Å². The van der Waals surface area contributed by atoms with Gasteiger partial charge in [-0.3, -0.25) is 0 Å². The van der Waals surface area contributed by atoms with Gasteiger partial charge < -0.3 is 5.11 Å². The Balaban J connectivity index is 3.36. The highest BCUT2D eigenvalue weighted by Crippen LogP contribution is 2.34. The van der Waals surface area contributed by atoms with Gasteiger partial charge in [0, 0.05) is 5.56 Å². The van der Waals surface area contributed by atoms with Crippen LogP contribution >= 0.6 is 11.6 Å². The first-order valence-corrected chi connectivity index (χ1v) is 4.35. The zero-order valence-electron chi connectivity index (χ0n) is 7.57. The zero-order chi connectivity index (χ0) is 11.8. The van der Waals surface area contributed by atoms with E-state index in [4.69, 9.17) is 16.7 Å².